The summed E-state index contributed by atoms with van der Waals surface area (Å²) in [6, 6.07) is 1.72. The Morgan fingerprint density at radius 2 is 1.73 bits per heavy atom. The van der Waals surface area contributed by atoms with Crippen molar-refractivity contribution in [3.63, 3.8) is 0 Å². The van der Waals surface area contributed by atoms with E-state index in [-0.39, 0.29) is 28.7 Å². The van der Waals surface area contributed by atoms with E-state index in [2.05, 4.69) is 17.2 Å². The Balaban J connectivity index is 0.00000153. The Morgan fingerprint density at radius 1 is 1.19 bits per heavy atom. The molecule has 1 aliphatic rings. The van der Waals surface area contributed by atoms with E-state index in [1.54, 1.807) is 6.92 Å². The van der Waals surface area contributed by atoms with Crippen LogP contribution in [0.15, 0.2) is 12.1 Å². The van der Waals surface area contributed by atoms with Crippen LogP contribution in [0.4, 0.5) is 22.0 Å². The molecule has 0 radical (unpaired) electrons. The molecule has 1 amide bonds. The third-order valence-electron chi connectivity index (χ3n) is 6.51. The summed E-state index contributed by atoms with van der Waals surface area (Å²) in [5.74, 6) is -3.26. The van der Waals surface area contributed by atoms with Crippen LogP contribution in [0.5, 0.6) is 0 Å². The third-order valence-corrected chi connectivity index (χ3v) is 6.86. The van der Waals surface area contributed by atoms with E-state index in [9.17, 15) is 26.7 Å². The Hall–Kier alpha value is -2.34. The molecule has 2 aromatic rings. The highest BCUT2D eigenvalue weighted by molar-refractivity contribution is 7.51. The number of carbonyl (C=O) groups is 1. The standard InChI is InChI=1S/C24H29ClF5N3O.O2S/c1-4-19-32-20(23(34)31-12-15-7-5-13(2)6-8-15)22(25)33(19)21-17(26)10-16(11-18(21)27)9-14(3)24(28,29)30;1-3-2/h10-11,13-15H,4-9,12H2,1-3H3,(H,31,34);/t13?,14-,15?;/m1./s1. The summed E-state index contributed by atoms with van der Waals surface area (Å²) in [7, 11) is 0. The smallest absolute Gasteiger partial charge is 0.350 e. The highest BCUT2D eigenvalue weighted by Gasteiger charge is 2.36. The Kier molecular flexibility index (Phi) is 11.2. The van der Waals surface area contributed by atoms with Crippen molar-refractivity contribution in [1.29, 1.82) is 0 Å². The van der Waals surface area contributed by atoms with E-state index >= 15 is 0 Å². The molecule has 1 atom stereocenters. The van der Waals surface area contributed by atoms with E-state index in [1.165, 1.54) is 0 Å². The normalized spacial score (nSPS) is 18.5. The molecule has 1 aliphatic carbocycles. The zero-order valence-corrected chi connectivity index (χ0v) is 22.2. The quantitative estimate of drug-likeness (QED) is 0.415. The summed E-state index contributed by atoms with van der Waals surface area (Å²) in [4.78, 5) is 17.0. The number of aromatic nitrogens is 2. The van der Waals surface area contributed by atoms with Crippen molar-refractivity contribution in [2.75, 3.05) is 6.54 Å². The van der Waals surface area contributed by atoms with Crippen LogP contribution in [0.3, 0.4) is 0 Å². The van der Waals surface area contributed by atoms with E-state index in [4.69, 9.17) is 20.0 Å². The van der Waals surface area contributed by atoms with Crippen LogP contribution < -0.4 is 5.32 Å². The van der Waals surface area contributed by atoms with Gasteiger partial charge in [-0.2, -0.15) is 21.6 Å². The molecule has 1 aromatic heterocycles. The Bertz CT molecular complexity index is 1100. The summed E-state index contributed by atoms with van der Waals surface area (Å²) < 4.78 is 86.0. The Morgan fingerprint density at radius 3 is 2.22 bits per heavy atom. The predicted octanol–water partition coefficient (Wildman–Crippen LogP) is 5.99. The summed E-state index contributed by atoms with van der Waals surface area (Å²) >= 11 is 5.61. The molecule has 0 saturated heterocycles. The third kappa shape index (κ3) is 8.07. The van der Waals surface area contributed by atoms with E-state index < -0.39 is 53.3 Å². The number of carbonyl (C=O) groups excluding carboxylic acids is 1. The molecule has 206 valence electrons. The number of aryl methyl sites for hydroxylation is 1. The molecular formula is C24H29ClF5N3O3S. The summed E-state index contributed by atoms with van der Waals surface area (Å²) in [6.45, 7) is 5.31. The van der Waals surface area contributed by atoms with Gasteiger partial charge >= 0.3 is 17.7 Å². The fraction of sp³-hybridized carbons (Fsp3) is 0.583. The lowest BCUT2D eigenvalue weighted by molar-refractivity contribution is -0.169. The van der Waals surface area contributed by atoms with Crippen molar-refractivity contribution >= 4 is 29.1 Å². The lowest BCUT2D eigenvalue weighted by Gasteiger charge is -2.26. The monoisotopic (exact) mass is 569 g/mol. The van der Waals surface area contributed by atoms with Crippen LogP contribution in [-0.2, 0) is 24.4 Å². The second-order valence-electron chi connectivity index (χ2n) is 9.32. The number of imidazole rings is 1. The minimum Gasteiger partial charge on any atom is -0.350 e. The second kappa shape index (κ2) is 13.5. The van der Waals surface area contributed by atoms with Crippen molar-refractivity contribution in [2.24, 2.45) is 17.8 Å². The second-order valence-corrected chi connectivity index (χ2v) is 9.81. The average molecular weight is 570 g/mol. The number of hydrogen-bond donors (Lipinski definition) is 1. The zero-order chi connectivity index (χ0) is 27.9. The lowest BCUT2D eigenvalue weighted by atomic mass is 9.83. The van der Waals surface area contributed by atoms with Crippen LogP contribution >= 0.6 is 11.6 Å². The number of amides is 1. The molecule has 13 heteroatoms. The summed E-state index contributed by atoms with van der Waals surface area (Å²) in [5.41, 5.74) is -0.841. The van der Waals surface area contributed by atoms with Crippen LogP contribution in [0, 0.1) is 29.4 Å². The first kappa shape index (κ1) is 30.9. The average Bonchev–Trinajstić information content (AvgIpc) is 3.14. The SMILES string of the molecule is CCc1nc(C(=O)NCC2CCC(C)CC2)c(Cl)n1-c1c(F)cc(C[C@@H](C)C(F)(F)F)cc1F.O=S=O. The Labute approximate surface area is 220 Å². The molecular weight excluding hydrogens is 541 g/mol. The first-order valence-corrected chi connectivity index (χ1v) is 12.9. The predicted molar refractivity (Wildman–Crippen MR) is 129 cm³/mol. The molecule has 3 rings (SSSR count). The maximum Gasteiger partial charge on any atom is 0.391 e. The van der Waals surface area contributed by atoms with Gasteiger partial charge in [-0.15, -0.1) is 0 Å². The molecule has 6 nitrogen and oxygen atoms in total. The van der Waals surface area contributed by atoms with Gasteiger partial charge in [-0.1, -0.05) is 45.2 Å². The number of nitrogens with zero attached hydrogens (tertiary/aromatic N) is 2. The van der Waals surface area contributed by atoms with Crippen molar-refractivity contribution in [3.05, 3.63) is 46.0 Å². The van der Waals surface area contributed by atoms with Gasteiger partial charge in [0.2, 0.25) is 0 Å². The minimum absolute atomic E-state index is 0.127. The lowest BCUT2D eigenvalue weighted by Crippen LogP contribution is -2.31. The van der Waals surface area contributed by atoms with Gasteiger partial charge in [-0.25, -0.2) is 13.8 Å². The largest absolute Gasteiger partial charge is 0.391 e. The van der Waals surface area contributed by atoms with Gasteiger partial charge in [-0.05, 0) is 48.8 Å². The van der Waals surface area contributed by atoms with Gasteiger partial charge < -0.3 is 5.32 Å². The summed E-state index contributed by atoms with van der Waals surface area (Å²) in [5, 5.41) is 2.57. The van der Waals surface area contributed by atoms with Crippen LogP contribution in [0.1, 0.15) is 68.3 Å². The highest BCUT2D eigenvalue weighted by atomic mass is 35.5. The number of alkyl halides is 3. The molecule has 0 bridgehead atoms. The minimum atomic E-state index is -4.48. The van der Waals surface area contributed by atoms with Gasteiger partial charge in [0.15, 0.2) is 17.3 Å². The number of rotatable bonds is 7. The van der Waals surface area contributed by atoms with Crippen molar-refractivity contribution in [3.8, 4) is 5.69 Å². The van der Waals surface area contributed by atoms with Gasteiger partial charge in [0.1, 0.15) is 16.7 Å². The highest BCUT2D eigenvalue weighted by Crippen LogP contribution is 2.32. The van der Waals surface area contributed by atoms with Gasteiger partial charge in [-0.3, -0.25) is 9.36 Å². The number of nitrogens with one attached hydrogen (secondary N) is 1. The molecule has 1 heterocycles. The first-order valence-electron chi connectivity index (χ1n) is 11.9. The molecule has 37 heavy (non-hydrogen) atoms. The molecule has 0 aliphatic heterocycles. The van der Waals surface area contributed by atoms with Gasteiger partial charge in [0.25, 0.3) is 5.91 Å². The van der Waals surface area contributed by atoms with E-state index in [0.717, 1.165) is 49.3 Å². The molecule has 1 fully saturated rings. The fourth-order valence-electron chi connectivity index (χ4n) is 4.33. The molecule has 0 unspecified atom stereocenters. The maximum absolute atomic E-state index is 14.9. The molecule has 0 spiro atoms. The van der Waals surface area contributed by atoms with Crippen LogP contribution in [-0.4, -0.2) is 36.6 Å². The molecule has 1 saturated carbocycles. The summed E-state index contributed by atoms with van der Waals surface area (Å²) in [6.07, 6.45) is -0.590. The number of hydrogen-bond acceptors (Lipinski definition) is 4. The molecule has 1 N–H and O–H groups in total. The van der Waals surface area contributed by atoms with Crippen molar-refractivity contribution in [1.82, 2.24) is 14.9 Å². The number of benzene rings is 1. The van der Waals surface area contributed by atoms with Crippen LogP contribution in [0.25, 0.3) is 5.69 Å². The molecule has 1 aromatic carbocycles. The first-order chi connectivity index (χ1) is 17.3. The fourth-order valence-corrected chi connectivity index (χ4v) is 4.64. The van der Waals surface area contributed by atoms with Gasteiger partial charge in [0, 0.05) is 13.0 Å². The number of halogens is 6. The topological polar surface area (TPSA) is 81.1 Å². The zero-order valence-electron chi connectivity index (χ0n) is 20.6. The van der Waals surface area contributed by atoms with E-state index in [1.807, 2.05) is 0 Å². The van der Waals surface area contributed by atoms with E-state index in [0.29, 0.717) is 18.4 Å². The van der Waals surface area contributed by atoms with Crippen molar-refractivity contribution in [2.45, 2.75) is 65.5 Å². The van der Waals surface area contributed by atoms with Crippen LogP contribution in [0.2, 0.25) is 5.15 Å². The van der Waals surface area contributed by atoms with Crippen molar-refractivity contribution < 1.29 is 35.2 Å². The van der Waals surface area contributed by atoms with Gasteiger partial charge in [0.05, 0.1) is 5.92 Å². The maximum atomic E-state index is 14.9.